The van der Waals surface area contributed by atoms with E-state index in [9.17, 15) is 4.79 Å². The van der Waals surface area contributed by atoms with Gasteiger partial charge in [0.25, 0.3) is 5.56 Å². The first-order valence-electron chi connectivity index (χ1n) is 7.40. The zero-order chi connectivity index (χ0) is 15.4. The van der Waals surface area contributed by atoms with E-state index < -0.39 is 0 Å². The molecule has 0 saturated carbocycles. The lowest BCUT2D eigenvalue weighted by atomic mass is 10.1. The molecule has 0 radical (unpaired) electrons. The van der Waals surface area contributed by atoms with Gasteiger partial charge in [0, 0.05) is 6.04 Å². The molecule has 3 rings (SSSR count). The molecule has 1 aliphatic rings. The summed E-state index contributed by atoms with van der Waals surface area (Å²) in [7, 11) is 0. The van der Waals surface area contributed by atoms with Crippen LogP contribution >= 0.6 is 28.3 Å². The third-order valence-corrected chi connectivity index (χ3v) is 4.51. The first-order chi connectivity index (χ1) is 10.8. The topological polar surface area (TPSA) is 56.1 Å². The SMILES string of the molecule is Cl.O=c1c(Br)c(OCc2ccccc2)ncn1C1CCNCC1. The minimum absolute atomic E-state index is 0. The van der Waals surface area contributed by atoms with Crippen LogP contribution in [0.5, 0.6) is 5.88 Å². The number of benzene rings is 1. The smallest absolute Gasteiger partial charge is 0.271 e. The number of hydrogen-bond acceptors (Lipinski definition) is 4. The maximum absolute atomic E-state index is 12.5. The molecule has 1 saturated heterocycles. The summed E-state index contributed by atoms with van der Waals surface area (Å²) in [5.41, 5.74) is 0.962. The van der Waals surface area contributed by atoms with Gasteiger partial charge in [-0.1, -0.05) is 30.3 Å². The summed E-state index contributed by atoms with van der Waals surface area (Å²) in [6, 6.07) is 10.0. The van der Waals surface area contributed by atoms with Gasteiger partial charge in [-0.25, -0.2) is 4.98 Å². The maximum Gasteiger partial charge on any atom is 0.271 e. The van der Waals surface area contributed by atoms with Crippen molar-refractivity contribution in [2.75, 3.05) is 13.1 Å². The van der Waals surface area contributed by atoms with Crippen molar-refractivity contribution in [2.45, 2.75) is 25.5 Å². The Bertz CT molecular complexity index is 687. The Morgan fingerprint density at radius 2 is 1.96 bits per heavy atom. The summed E-state index contributed by atoms with van der Waals surface area (Å²) in [6.45, 7) is 2.26. The second-order valence-electron chi connectivity index (χ2n) is 5.33. The van der Waals surface area contributed by atoms with E-state index in [4.69, 9.17) is 4.74 Å². The van der Waals surface area contributed by atoms with Crippen LogP contribution in [0.1, 0.15) is 24.4 Å². The molecule has 0 bridgehead atoms. The molecule has 2 heterocycles. The van der Waals surface area contributed by atoms with Crippen molar-refractivity contribution in [3.63, 3.8) is 0 Å². The Morgan fingerprint density at radius 1 is 1.26 bits per heavy atom. The van der Waals surface area contributed by atoms with Crippen LogP contribution in [0.25, 0.3) is 0 Å². The maximum atomic E-state index is 12.5. The lowest BCUT2D eigenvalue weighted by Crippen LogP contribution is -2.34. The van der Waals surface area contributed by atoms with E-state index in [0.29, 0.717) is 17.0 Å². The minimum Gasteiger partial charge on any atom is -0.472 e. The van der Waals surface area contributed by atoms with E-state index in [1.807, 2.05) is 30.3 Å². The normalized spacial score (nSPS) is 15.0. The highest BCUT2D eigenvalue weighted by atomic mass is 79.9. The molecule has 1 aromatic carbocycles. The molecule has 1 aliphatic heterocycles. The van der Waals surface area contributed by atoms with Crippen molar-refractivity contribution in [3.8, 4) is 5.88 Å². The molecular formula is C16H19BrClN3O2. The molecular weight excluding hydrogens is 382 g/mol. The molecule has 1 fully saturated rings. The summed E-state index contributed by atoms with van der Waals surface area (Å²) < 4.78 is 7.76. The molecule has 5 nitrogen and oxygen atoms in total. The van der Waals surface area contributed by atoms with E-state index in [0.717, 1.165) is 31.5 Å². The molecule has 0 aliphatic carbocycles. The van der Waals surface area contributed by atoms with E-state index in [2.05, 4.69) is 26.2 Å². The van der Waals surface area contributed by atoms with Crippen molar-refractivity contribution >= 4 is 28.3 Å². The zero-order valence-corrected chi connectivity index (χ0v) is 15.0. The van der Waals surface area contributed by atoms with Gasteiger partial charge in [0.15, 0.2) is 0 Å². The van der Waals surface area contributed by atoms with Crippen LogP contribution in [0.4, 0.5) is 0 Å². The summed E-state index contributed by atoms with van der Waals surface area (Å²) in [4.78, 5) is 16.8. The van der Waals surface area contributed by atoms with Gasteiger partial charge in [0.1, 0.15) is 17.4 Å². The van der Waals surface area contributed by atoms with E-state index in [-0.39, 0.29) is 24.0 Å². The van der Waals surface area contributed by atoms with Crippen molar-refractivity contribution in [1.29, 1.82) is 0 Å². The fourth-order valence-electron chi connectivity index (χ4n) is 2.60. The molecule has 1 N–H and O–H groups in total. The monoisotopic (exact) mass is 399 g/mol. The summed E-state index contributed by atoms with van der Waals surface area (Å²) in [6.07, 6.45) is 3.49. The van der Waals surface area contributed by atoms with Gasteiger partial charge >= 0.3 is 0 Å². The molecule has 7 heteroatoms. The number of halogens is 2. The van der Waals surface area contributed by atoms with E-state index >= 15 is 0 Å². The molecule has 0 atom stereocenters. The first-order valence-corrected chi connectivity index (χ1v) is 8.19. The minimum atomic E-state index is -0.0787. The molecule has 2 aromatic rings. The quantitative estimate of drug-likeness (QED) is 0.857. The van der Waals surface area contributed by atoms with Gasteiger partial charge in [0.05, 0.1) is 0 Å². The standard InChI is InChI=1S/C16H18BrN3O2.ClH/c17-14-15(22-10-12-4-2-1-3-5-12)19-11-20(16(14)21)13-6-8-18-9-7-13;/h1-5,11,13,18H,6-10H2;1H. The van der Waals surface area contributed by atoms with Crippen LogP contribution in [0.3, 0.4) is 0 Å². The predicted molar refractivity (Wildman–Crippen MR) is 95.4 cm³/mol. The van der Waals surface area contributed by atoms with Gasteiger partial charge in [-0.2, -0.15) is 0 Å². The predicted octanol–water partition coefficient (Wildman–Crippen LogP) is 2.93. The number of aromatic nitrogens is 2. The van der Waals surface area contributed by atoms with Crippen molar-refractivity contribution < 1.29 is 4.74 Å². The highest BCUT2D eigenvalue weighted by Gasteiger charge is 2.19. The summed E-state index contributed by atoms with van der Waals surface area (Å²) in [5, 5.41) is 3.30. The number of nitrogens with one attached hydrogen (secondary N) is 1. The van der Waals surface area contributed by atoms with E-state index in [1.54, 1.807) is 10.9 Å². The van der Waals surface area contributed by atoms with Crippen molar-refractivity contribution in [3.05, 3.63) is 57.0 Å². The molecule has 0 amide bonds. The van der Waals surface area contributed by atoms with Gasteiger partial charge < -0.3 is 10.1 Å². The van der Waals surface area contributed by atoms with Gasteiger partial charge in [-0.05, 0) is 47.4 Å². The van der Waals surface area contributed by atoms with Crippen LogP contribution in [-0.2, 0) is 6.61 Å². The second-order valence-corrected chi connectivity index (χ2v) is 6.12. The van der Waals surface area contributed by atoms with Gasteiger partial charge in [-0.3, -0.25) is 9.36 Å². The number of piperidine rings is 1. The molecule has 0 spiro atoms. The molecule has 0 unspecified atom stereocenters. The molecule has 124 valence electrons. The van der Waals surface area contributed by atoms with Crippen molar-refractivity contribution in [2.24, 2.45) is 0 Å². The zero-order valence-electron chi connectivity index (χ0n) is 12.6. The Kier molecular flexibility index (Phi) is 6.62. The highest BCUT2D eigenvalue weighted by molar-refractivity contribution is 9.10. The van der Waals surface area contributed by atoms with Crippen LogP contribution in [-0.4, -0.2) is 22.6 Å². The van der Waals surface area contributed by atoms with E-state index in [1.165, 1.54) is 0 Å². The Labute approximate surface area is 149 Å². The fraction of sp³-hybridized carbons (Fsp3) is 0.375. The Morgan fingerprint density at radius 3 is 2.65 bits per heavy atom. The van der Waals surface area contributed by atoms with Gasteiger partial charge in [0.2, 0.25) is 5.88 Å². The van der Waals surface area contributed by atoms with Crippen LogP contribution < -0.4 is 15.6 Å². The average molecular weight is 401 g/mol. The Hall–Kier alpha value is -1.37. The lowest BCUT2D eigenvalue weighted by Gasteiger charge is -2.24. The van der Waals surface area contributed by atoms with Crippen LogP contribution in [0.2, 0.25) is 0 Å². The number of hydrogen-bond donors (Lipinski definition) is 1. The lowest BCUT2D eigenvalue weighted by molar-refractivity contribution is 0.285. The summed E-state index contributed by atoms with van der Waals surface area (Å²) >= 11 is 3.33. The number of nitrogens with zero attached hydrogens (tertiary/aromatic N) is 2. The largest absolute Gasteiger partial charge is 0.472 e. The average Bonchev–Trinajstić information content (AvgIpc) is 2.58. The van der Waals surface area contributed by atoms with Crippen LogP contribution in [0, 0.1) is 0 Å². The highest BCUT2D eigenvalue weighted by Crippen LogP contribution is 2.22. The summed E-state index contributed by atoms with van der Waals surface area (Å²) in [5.74, 6) is 0.346. The second kappa shape index (κ2) is 8.47. The van der Waals surface area contributed by atoms with Crippen LogP contribution in [0.15, 0.2) is 45.9 Å². The van der Waals surface area contributed by atoms with Gasteiger partial charge in [-0.15, -0.1) is 12.4 Å². The number of rotatable bonds is 4. The third kappa shape index (κ3) is 4.34. The number of ether oxygens (including phenoxy) is 1. The Balaban J connectivity index is 0.00000192. The third-order valence-electron chi connectivity index (χ3n) is 3.83. The molecule has 1 aromatic heterocycles. The fourth-order valence-corrected chi connectivity index (χ4v) is 3.02. The van der Waals surface area contributed by atoms with Crippen molar-refractivity contribution in [1.82, 2.24) is 14.9 Å². The molecule has 23 heavy (non-hydrogen) atoms. The first kappa shape index (κ1) is 18.0.